The molecule has 6 heterocycles. The second-order valence-electron chi connectivity index (χ2n) is 29.4. The SMILES string of the molecule is COc1c(C)c(OC)c2c(c1O)C(/C=C/c1ccccc1)N1[C@@H](C#N)[C@@H]3Cc4c(OC)c(C)c(OC)c(O)c4[C@H]([C@@H]1C2)N3C.[C-]#[N+][C@H](C1Cc2c(OC)c(C)c(OC)c(O)c2C(C2Cc3c(OC)c(C)c(OC)c(O)c3[C@H](/C=C/c3ccccc3)N2)N1C)N1CCO[C@@H](CCO[Si](C)(C(C)C)C(C)C)C1. The molecule has 0 saturated carbocycles. The van der Waals surface area contributed by atoms with Gasteiger partial charge in [-0.05, 0) is 96.2 Å². The summed E-state index contributed by atoms with van der Waals surface area (Å²) in [7, 11) is 14.9. The summed E-state index contributed by atoms with van der Waals surface area (Å²) in [4.78, 5) is 13.4. The highest BCUT2D eigenvalue weighted by Gasteiger charge is 2.57. The number of likely N-dealkylation sites (N-methyl/N-ethyl adjacent to an activating group) is 2. The van der Waals surface area contributed by atoms with E-state index < -0.39 is 38.7 Å². The molecule has 22 heteroatoms. The average molecular weight is 1450 g/mol. The Morgan fingerprint density at radius 2 is 1.03 bits per heavy atom. The van der Waals surface area contributed by atoms with E-state index in [0.717, 1.165) is 50.9 Å². The van der Waals surface area contributed by atoms with Gasteiger partial charge >= 0.3 is 0 Å². The molecular weight excluding hydrogens is 1350 g/mol. The summed E-state index contributed by atoms with van der Waals surface area (Å²) < 4.78 is 60.3. The van der Waals surface area contributed by atoms with Gasteiger partial charge in [0.15, 0.2) is 54.3 Å². The van der Waals surface area contributed by atoms with Gasteiger partial charge in [0.1, 0.15) is 35.1 Å². The molecule has 0 aromatic heterocycles. The smallest absolute Gasteiger partial charge is 0.295 e. The normalized spacial score (nSPS) is 23.4. The fourth-order valence-corrected chi connectivity index (χ4v) is 20.8. The Bertz CT molecular complexity index is 4300. The maximum absolute atomic E-state index is 12.3. The summed E-state index contributed by atoms with van der Waals surface area (Å²) in [6.45, 7) is 30.1. The molecule has 2 fully saturated rings. The predicted molar refractivity (Wildman–Crippen MR) is 410 cm³/mol. The lowest BCUT2D eigenvalue weighted by molar-refractivity contribution is -0.0637. The Hall–Kier alpha value is -8.68. The van der Waals surface area contributed by atoms with E-state index in [-0.39, 0.29) is 59.3 Å². The van der Waals surface area contributed by atoms with Crippen LogP contribution in [0.25, 0.3) is 17.0 Å². The van der Waals surface area contributed by atoms with Gasteiger partial charge in [-0.1, -0.05) is 113 Å². The fourth-order valence-electron chi connectivity index (χ4n) is 18.2. The number of aromatic hydroxyl groups is 4. The summed E-state index contributed by atoms with van der Waals surface area (Å²) >= 11 is 0. The van der Waals surface area contributed by atoms with Gasteiger partial charge in [0.25, 0.3) is 6.17 Å². The van der Waals surface area contributed by atoms with Crippen molar-refractivity contribution in [3.05, 3.63) is 162 Å². The molecule has 6 aliphatic rings. The Kier molecular flexibility index (Phi) is 23.7. The van der Waals surface area contributed by atoms with Crippen LogP contribution in [0.4, 0.5) is 0 Å². The summed E-state index contributed by atoms with van der Waals surface area (Å²) in [6.07, 6.45) is 10.2. The monoisotopic (exact) mass is 1450 g/mol. The van der Waals surface area contributed by atoms with Crippen LogP contribution in [0.3, 0.4) is 0 Å². The second-order valence-corrected chi connectivity index (χ2v) is 34.4. The first-order valence-electron chi connectivity index (χ1n) is 36.4. The van der Waals surface area contributed by atoms with Crippen molar-refractivity contribution in [2.24, 2.45) is 0 Å². The summed E-state index contributed by atoms with van der Waals surface area (Å²) in [5.41, 5.74) is 12.1. The van der Waals surface area contributed by atoms with Gasteiger partial charge in [0.2, 0.25) is 0 Å². The summed E-state index contributed by atoms with van der Waals surface area (Å²) in [6, 6.07) is 19.2. The van der Waals surface area contributed by atoms with E-state index in [2.05, 4.69) is 89.3 Å². The molecule has 0 aliphatic carbocycles. The topological polar surface area (TPSA) is 226 Å². The first-order valence-corrected chi connectivity index (χ1v) is 39.0. The zero-order valence-electron chi connectivity index (χ0n) is 64.5. The molecule has 11 atom stereocenters. The number of hydrogen-bond donors (Lipinski definition) is 5. The van der Waals surface area contributed by atoms with Crippen LogP contribution in [0, 0.1) is 45.6 Å². The van der Waals surface area contributed by atoms with Crippen molar-refractivity contribution in [3.8, 4) is 75.1 Å². The number of ether oxygens (including phenoxy) is 9. The van der Waals surface area contributed by atoms with E-state index in [1.165, 1.54) is 7.11 Å². The van der Waals surface area contributed by atoms with Gasteiger partial charge in [-0.15, -0.1) is 0 Å². The first-order chi connectivity index (χ1) is 50.4. The number of phenols is 4. The third-order valence-electron chi connectivity index (χ3n) is 23.8. The van der Waals surface area contributed by atoms with Crippen molar-refractivity contribution in [1.29, 1.82) is 5.26 Å². The number of rotatable bonds is 21. The van der Waals surface area contributed by atoms with Crippen LogP contribution in [0.2, 0.25) is 17.6 Å². The number of nitrogens with one attached hydrogen (secondary N) is 1. The van der Waals surface area contributed by atoms with Crippen molar-refractivity contribution >= 4 is 20.5 Å². The maximum atomic E-state index is 12.3. The number of fused-ring (bicyclic) bond motifs is 9. The highest BCUT2D eigenvalue weighted by atomic mass is 28.4. The van der Waals surface area contributed by atoms with Gasteiger partial charge in [-0.25, -0.2) is 11.5 Å². The van der Waals surface area contributed by atoms with Crippen molar-refractivity contribution in [1.82, 2.24) is 24.9 Å². The molecule has 0 radical (unpaired) electrons. The van der Waals surface area contributed by atoms with Crippen LogP contribution in [0.1, 0.15) is 136 Å². The zero-order valence-corrected chi connectivity index (χ0v) is 65.5. The van der Waals surface area contributed by atoms with Gasteiger partial charge in [-0.2, -0.15) is 5.26 Å². The molecule has 0 amide bonds. The Morgan fingerprint density at radius 1 is 0.590 bits per heavy atom. The van der Waals surface area contributed by atoms with E-state index in [0.29, 0.717) is 142 Å². The molecule has 562 valence electrons. The zero-order chi connectivity index (χ0) is 75.8. The van der Waals surface area contributed by atoms with Crippen LogP contribution >= 0.6 is 0 Å². The summed E-state index contributed by atoms with van der Waals surface area (Å²) in [5.74, 6) is 4.31. The van der Waals surface area contributed by atoms with E-state index >= 15 is 0 Å². The Labute approximate surface area is 621 Å². The Morgan fingerprint density at radius 3 is 1.50 bits per heavy atom. The summed E-state index contributed by atoms with van der Waals surface area (Å²) in [5, 5.41) is 62.4. The number of nitriles is 1. The largest absolute Gasteiger partial charge is 0.504 e. The number of benzene rings is 6. The number of phenolic OH excluding ortho intramolecular Hbond substituents is 4. The van der Waals surface area contributed by atoms with Crippen molar-refractivity contribution in [2.45, 2.75) is 172 Å². The van der Waals surface area contributed by atoms with Gasteiger partial charge < -0.3 is 72.8 Å². The fraction of sp³-hybridized carbons (Fsp3) is 0.494. The molecule has 6 aromatic rings. The molecular formula is C83H107N7O14Si. The van der Waals surface area contributed by atoms with Gasteiger partial charge in [0, 0.05) is 111 Å². The van der Waals surface area contributed by atoms with Gasteiger partial charge in [-0.3, -0.25) is 19.5 Å². The number of piperazine rings is 1. The number of methoxy groups -OCH3 is 8. The third kappa shape index (κ3) is 13.7. The molecule has 2 saturated heterocycles. The van der Waals surface area contributed by atoms with Crippen LogP contribution in [-0.4, -0.2) is 188 Å². The minimum absolute atomic E-state index is 0.0462. The molecule has 6 aromatic carbocycles. The van der Waals surface area contributed by atoms with E-state index in [4.69, 9.17) is 53.6 Å². The van der Waals surface area contributed by atoms with E-state index in [1.807, 2.05) is 108 Å². The van der Waals surface area contributed by atoms with Crippen LogP contribution in [0.5, 0.6) is 69.0 Å². The van der Waals surface area contributed by atoms with Crippen LogP contribution < -0.4 is 43.2 Å². The highest BCUT2D eigenvalue weighted by Crippen LogP contribution is 2.61. The number of morpholine rings is 1. The lowest BCUT2D eigenvalue weighted by Crippen LogP contribution is -2.67. The van der Waals surface area contributed by atoms with Gasteiger partial charge in [0.05, 0.1) is 99.8 Å². The Balaban J connectivity index is 0.000000221. The molecule has 5 N–H and O–H groups in total. The number of hydrogen-bond acceptors (Lipinski definition) is 20. The minimum Gasteiger partial charge on any atom is -0.504 e. The average Bonchev–Trinajstić information content (AvgIpc) is 0.696. The maximum Gasteiger partial charge on any atom is 0.295 e. The molecule has 0 spiro atoms. The number of nitrogens with zero attached hydrogens (tertiary/aromatic N) is 6. The second kappa shape index (κ2) is 32.2. The van der Waals surface area contributed by atoms with Crippen molar-refractivity contribution in [2.75, 3.05) is 97.3 Å². The van der Waals surface area contributed by atoms with E-state index in [1.54, 1.807) is 49.8 Å². The molecule has 21 nitrogen and oxygen atoms in total. The lowest BCUT2D eigenvalue weighted by atomic mass is 9.71. The van der Waals surface area contributed by atoms with Crippen LogP contribution in [0.15, 0.2) is 72.8 Å². The lowest BCUT2D eigenvalue weighted by Gasteiger charge is -2.59. The third-order valence-corrected chi connectivity index (χ3v) is 29.2. The molecule has 4 unspecified atom stereocenters. The molecule has 6 aliphatic heterocycles. The van der Waals surface area contributed by atoms with E-state index in [9.17, 15) is 25.7 Å². The van der Waals surface area contributed by atoms with Crippen molar-refractivity contribution in [3.63, 3.8) is 0 Å². The van der Waals surface area contributed by atoms with Crippen LogP contribution in [-0.2, 0) is 34.8 Å². The minimum atomic E-state index is -1.92. The van der Waals surface area contributed by atoms with Crippen molar-refractivity contribution < 1.29 is 67.5 Å². The highest BCUT2D eigenvalue weighted by molar-refractivity contribution is 6.75. The molecule has 105 heavy (non-hydrogen) atoms. The first kappa shape index (κ1) is 77.4. The quantitative estimate of drug-likeness (QED) is 0.0333. The standard InChI is InChI=1S/C48H68N4O8Si.C35H39N3O6/c1-28(2)61(13,29(3)4)60-23-21-33-27-52(22-24-59-33)48(49-7)38-26-35-40(43(54)47(58-12)31(6)45(35)56-10)41(51(38)8)37-25-34-39(42(53)46(57-11)30(5)44(34)55-9)36(50-37)20-19-32-17-15-14-16-18-32;1-18-32(41-4)21-16-25-29-28-22(33(42-5)19(2)35(44-7)31(28)40)15-24(37(29)3)26(17-36)38(25)23(27(21)30(39)34(18)43-6)14-13-20-11-9-8-10-12-20/h14-20,28-29,33,36-38,41,48,50,53-54H,21-27H2,1-6,8-13H3;8-14,23-26,29,39-40H,15-16H2,1-7H3/b20-19+;14-13+/t33-,36-,37?,38?,41?,48-;23?,24-,25-,26-,29-/m00/s1. The molecule has 12 rings (SSSR count). The molecule has 2 bridgehead atoms. The predicted octanol–water partition coefficient (Wildman–Crippen LogP) is 13.6.